The number of carbonyl (C=O) groups is 1. The number of carbonyl (C=O) groups excluding carboxylic acids is 1. The Kier molecular flexibility index (Phi) is 4.25. The van der Waals surface area contributed by atoms with Crippen LogP contribution in [0.15, 0.2) is 36.5 Å². The number of aromatic nitrogens is 5. The summed E-state index contributed by atoms with van der Waals surface area (Å²) in [6.45, 7) is 4.01. The number of nitrogens with one attached hydrogen (secondary N) is 2. The zero-order chi connectivity index (χ0) is 18.0. The van der Waals surface area contributed by atoms with Crippen LogP contribution in [0.25, 0.3) is 5.69 Å². The second-order valence-electron chi connectivity index (χ2n) is 5.64. The van der Waals surface area contributed by atoms with Crippen molar-refractivity contribution in [3.63, 3.8) is 0 Å². The fourth-order valence-corrected chi connectivity index (χ4v) is 2.12. The summed E-state index contributed by atoms with van der Waals surface area (Å²) < 4.78 is 1.30. The summed E-state index contributed by atoms with van der Waals surface area (Å²) >= 11 is 0. The fourth-order valence-electron chi connectivity index (χ4n) is 2.12. The molecule has 25 heavy (non-hydrogen) atoms. The van der Waals surface area contributed by atoms with Crippen molar-refractivity contribution in [3.05, 3.63) is 58.0 Å². The number of anilines is 1. The molecule has 0 fully saturated rings. The molecule has 0 aliphatic rings. The first-order chi connectivity index (χ1) is 11.9. The van der Waals surface area contributed by atoms with Gasteiger partial charge in [0.15, 0.2) is 11.5 Å². The smallest absolute Gasteiger partial charge is 0.279 e. The highest BCUT2D eigenvalue weighted by atomic mass is 16.6. The minimum absolute atomic E-state index is 0.0700. The van der Waals surface area contributed by atoms with Gasteiger partial charge in [-0.05, 0) is 12.0 Å². The molecule has 0 aliphatic heterocycles. The molecule has 1 aromatic carbocycles. The van der Waals surface area contributed by atoms with E-state index in [-0.39, 0.29) is 17.3 Å². The van der Waals surface area contributed by atoms with Gasteiger partial charge in [-0.1, -0.05) is 25.1 Å². The molecule has 2 aromatic heterocycles. The molecule has 2 N–H and O–H groups in total. The number of amides is 1. The molecule has 10 nitrogen and oxygen atoms in total. The lowest BCUT2D eigenvalue weighted by molar-refractivity contribution is -0.384. The molecule has 128 valence electrons. The molecule has 0 bridgehead atoms. The molecule has 0 atom stereocenters. The Hall–Kier alpha value is -3.56. The van der Waals surface area contributed by atoms with Gasteiger partial charge in [0.05, 0.1) is 16.8 Å². The van der Waals surface area contributed by atoms with E-state index in [2.05, 4.69) is 25.8 Å². The quantitative estimate of drug-likeness (QED) is 0.540. The second kappa shape index (κ2) is 6.51. The first kappa shape index (κ1) is 16.3. The van der Waals surface area contributed by atoms with E-state index in [4.69, 9.17) is 0 Å². The van der Waals surface area contributed by atoms with E-state index in [9.17, 15) is 14.9 Å². The summed E-state index contributed by atoms with van der Waals surface area (Å²) in [4.78, 5) is 22.6. The normalized spacial score (nSPS) is 10.8. The maximum absolute atomic E-state index is 12.2. The molecular formula is C15H15N7O3. The van der Waals surface area contributed by atoms with E-state index in [1.54, 1.807) is 12.1 Å². The number of benzene rings is 1. The molecule has 0 spiro atoms. The molecule has 2 heterocycles. The van der Waals surface area contributed by atoms with Crippen LogP contribution >= 0.6 is 0 Å². The third-order valence-corrected chi connectivity index (χ3v) is 3.49. The van der Waals surface area contributed by atoms with E-state index >= 15 is 0 Å². The van der Waals surface area contributed by atoms with Crippen LogP contribution in [-0.4, -0.2) is 36.0 Å². The molecule has 3 rings (SSSR count). The number of hydrogen-bond donors (Lipinski definition) is 2. The van der Waals surface area contributed by atoms with Crippen molar-refractivity contribution in [2.45, 2.75) is 19.8 Å². The van der Waals surface area contributed by atoms with Gasteiger partial charge in [0, 0.05) is 23.9 Å². The largest absolute Gasteiger partial charge is 0.304 e. The van der Waals surface area contributed by atoms with E-state index in [0.717, 1.165) is 5.69 Å². The zero-order valence-electron chi connectivity index (χ0n) is 13.5. The second-order valence-corrected chi connectivity index (χ2v) is 5.64. The van der Waals surface area contributed by atoms with Gasteiger partial charge in [-0.25, -0.2) is 4.68 Å². The van der Waals surface area contributed by atoms with E-state index < -0.39 is 10.8 Å². The molecule has 3 aromatic rings. The summed E-state index contributed by atoms with van der Waals surface area (Å²) in [5, 5.41) is 27.9. The topological polar surface area (TPSA) is 132 Å². The number of nitro groups is 1. The molecule has 0 radical (unpaired) electrons. The summed E-state index contributed by atoms with van der Waals surface area (Å²) in [5.74, 6) is 0.171. The van der Waals surface area contributed by atoms with Crippen molar-refractivity contribution in [3.8, 4) is 5.69 Å². The van der Waals surface area contributed by atoms with Crippen molar-refractivity contribution < 1.29 is 9.72 Å². The van der Waals surface area contributed by atoms with Crippen molar-refractivity contribution >= 4 is 17.4 Å². The van der Waals surface area contributed by atoms with Crippen LogP contribution in [0.5, 0.6) is 0 Å². The van der Waals surface area contributed by atoms with Crippen LogP contribution in [0.4, 0.5) is 11.5 Å². The van der Waals surface area contributed by atoms with Crippen molar-refractivity contribution in [1.82, 2.24) is 25.2 Å². The molecule has 0 unspecified atom stereocenters. The average molecular weight is 341 g/mol. The predicted octanol–water partition coefficient (Wildman–Crippen LogP) is 2.27. The fraction of sp³-hybridized carbons (Fsp3) is 0.200. The molecule has 0 saturated carbocycles. The predicted molar refractivity (Wildman–Crippen MR) is 88.6 cm³/mol. The first-order valence-corrected chi connectivity index (χ1v) is 7.48. The van der Waals surface area contributed by atoms with E-state index in [0.29, 0.717) is 11.5 Å². The highest BCUT2D eigenvalue weighted by molar-refractivity contribution is 6.02. The maximum atomic E-state index is 12.2. The molecule has 0 saturated heterocycles. The lowest BCUT2D eigenvalue weighted by Gasteiger charge is -1.99. The Bertz CT molecular complexity index is 929. The summed E-state index contributed by atoms with van der Waals surface area (Å²) in [6, 6.07) is 7.63. The lowest BCUT2D eigenvalue weighted by atomic mass is 10.1. The molecule has 1 amide bonds. The third-order valence-electron chi connectivity index (χ3n) is 3.49. The first-order valence-electron chi connectivity index (χ1n) is 7.48. The van der Waals surface area contributed by atoms with Crippen molar-refractivity contribution in [1.29, 1.82) is 0 Å². The van der Waals surface area contributed by atoms with Crippen LogP contribution in [0.3, 0.4) is 0 Å². The van der Waals surface area contributed by atoms with Crippen molar-refractivity contribution in [2.24, 2.45) is 0 Å². The Morgan fingerprint density at radius 1 is 1.36 bits per heavy atom. The van der Waals surface area contributed by atoms with Gasteiger partial charge in [-0.3, -0.25) is 20.0 Å². The van der Waals surface area contributed by atoms with Crippen LogP contribution in [0, 0.1) is 10.1 Å². The van der Waals surface area contributed by atoms with Gasteiger partial charge in [0.2, 0.25) is 0 Å². The van der Waals surface area contributed by atoms with Gasteiger partial charge < -0.3 is 5.32 Å². The number of hydrogen-bond acceptors (Lipinski definition) is 6. The highest BCUT2D eigenvalue weighted by Crippen LogP contribution is 2.17. The summed E-state index contributed by atoms with van der Waals surface area (Å²) in [6.07, 6.45) is 1.39. The summed E-state index contributed by atoms with van der Waals surface area (Å²) in [5.41, 5.74) is 1.33. The Balaban J connectivity index is 1.77. The maximum Gasteiger partial charge on any atom is 0.279 e. The highest BCUT2D eigenvalue weighted by Gasteiger charge is 2.15. The monoisotopic (exact) mass is 341 g/mol. The van der Waals surface area contributed by atoms with Gasteiger partial charge in [-0.15, -0.1) is 5.10 Å². The Labute approximate surface area is 142 Å². The number of nitro benzene ring substituents is 1. The molecule has 0 aliphatic carbocycles. The van der Waals surface area contributed by atoms with Crippen molar-refractivity contribution in [2.75, 3.05) is 5.32 Å². The van der Waals surface area contributed by atoms with E-state index in [1.807, 2.05) is 13.8 Å². The Morgan fingerprint density at radius 3 is 2.84 bits per heavy atom. The van der Waals surface area contributed by atoms with Gasteiger partial charge in [0.1, 0.15) is 0 Å². The molecular weight excluding hydrogens is 326 g/mol. The SMILES string of the molecule is CC(C)c1cc(NC(=O)c2cn(-c3cccc([N+](=O)[O-])c3)nn2)n[nH]1. The zero-order valence-corrected chi connectivity index (χ0v) is 13.5. The number of non-ortho nitro benzene ring substituents is 1. The average Bonchev–Trinajstić information content (AvgIpc) is 3.24. The third kappa shape index (κ3) is 3.52. The van der Waals surface area contributed by atoms with Gasteiger partial charge >= 0.3 is 0 Å². The minimum atomic E-state index is -0.502. The number of nitrogens with zero attached hydrogens (tertiary/aromatic N) is 5. The van der Waals surface area contributed by atoms with Gasteiger partial charge in [0.25, 0.3) is 11.6 Å². The minimum Gasteiger partial charge on any atom is -0.304 e. The Morgan fingerprint density at radius 2 is 2.16 bits per heavy atom. The number of H-pyrrole nitrogens is 1. The number of rotatable bonds is 5. The van der Waals surface area contributed by atoms with Crippen LogP contribution < -0.4 is 5.32 Å². The van der Waals surface area contributed by atoms with E-state index in [1.165, 1.54) is 29.1 Å². The standard InChI is InChI=1S/C15H15N7O3/c1-9(2)12-7-14(19-17-12)16-15(23)13-8-21(20-18-13)10-4-3-5-11(6-10)22(24)25/h3-9H,1-2H3,(H2,16,17,19,23). The molecule has 10 heteroatoms. The van der Waals surface area contributed by atoms with Gasteiger partial charge in [-0.2, -0.15) is 5.10 Å². The van der Waals surface area contributed by atoms with Crippen LogP contribution in [-0.2, 0) is 0 Å². The van der Waals surface area contributed by atoms with Crippen LogP contribution in [0.1, 0.15) is 35.9 Å². The summed E-state index contributed by atoms with van der Waals surface area (Å²) in [7, 11) is 0. The van der Waals surface area contributed by atoms with Crippen LogP contribution in [0.2, 0.25) is 0 Å². The lowest BCUT2D eigenvalue weighted by Crippen LogP contribution is -2.12. The number of aromatic amines is 1.